The van der Waals surface area contributed by atoms with Crippen molar-refractivity contribution in [1.29, 1.82) is 0 Å². The smallest absolute Gasteiger partial charge is 0.127 e. The summed E-state index contributed by atoms with van der Waals surface area (Å²) in [5.74, 6) is 7.31. The molecular formula is C23H31FN4. The van der Waals surface area contributed by atoms with E-state index in [0.29, 0.717) is 12.7 Å². The molecule has 3 aliphatic rings. The van der Waals surface area contributed by atoms with E-state index in [1.54, 1.807) is 6.07 Å². The molecule has 1 aromatic carbocycles. The zero-order chi connectivity index (χ0) is 19.6. The second kappa shape index (κ2) is 8.13. The molecule has 0 radical (unpaired) electrons. The number of amidine groups is 1. The van der Waals surface area contributed by atoms with Gasteiger partial charge in [-0.05, 0) is 64.2 Å². The normalized spacial score (nSPS) is 28.2. The van der Waals surface area contributed by atoms with Crippen molar-refractivity contribution in [3.63, 3.8) is 0 Å². The van der Waals surface area contributed by atoms with Gasteiger partial charge in [0.25, 0.3) is 0 Å². The Hall–Kier alpha value is -2.06. The first-order chi connectivity index (χ1) is 13.6. The average Bonchev–Trinajstić information content (AvgIpc) is 3.06. The quantitative estimate of drug-likeness (QED) is 0.728. The maximum atomic E-state index is 14.0. The molecule has 0 saturated carbocycles. The summed E-state index contributed by atoms with van der Waals surface area (Å²) in [6.45, 7) is 8.83. The first-order valence-corrected chi connectivity index (χ1v) is 10.6. The van der Waals surface area contributed by atoms with Crippen LogP contribution in [0.4, 0.5) is 10.1 Å². The first kappa shape index (κ1) is 19.3. The average molecular weight is 383 g/mol. The van der Waals surface area contributed by atoms with E-state index < -0.39 is 0 Å². The summed E-state index contributed by atoms with van der Waals surface area (Å²) in [5.41, 5.74) is 0.811. The van der Waals surface area contributed by atoms with Gasteiger partial charge in [-0.2, -0.15) is 0 Å². The number of hydrogen-bond donors (Lipinski definition) is 0. The van der Waals surface area contributed by atoms with Crippen LogP contribution in [0.3, 0.4) is 0 Å². The van der Waals surface area contributed by atoms with E-state index >= 15 is 0 Å². The Bertz CT molecular complexity index is 789. The molecule has 150 valence electrons. The number of aliphatic imine (C=N–C) groups is 1. The van der Waals surface area contributed by atoms with Crippen LogP contribution in [-0.2, 0) is 0 Å². The number of halogens is 1. The third-order valence-corrected chi connectivity index (χ3v) is 6.60. The van der Waals surface area contributed by atoms with Crippen molar-refractivity contribution in [3.8, 4) is 11.8 Å². The topological polar surface area (TPSA) is 22.1 Å². The summed E-state index contributed by atoms with van der Waals surface area (Å²) >= 11 is 0. The van der Waals surface area contributed by atoms with Crippen LogP contribution in [-0.4, -0.2) is 60.1 Å². The summed E-state index contributed by atoms with van der Waals surface area (Å²) < 4.78 is 14.0. The summed E-state index contributed by atoms with van der Waals surface area (Å²) in [6, 6.07) is 7.44. The van der Waals surface area contributed by atoms with E-state index in [-0.39, 0.29) is 11.4 Å². The minimum absolute atomic E-state index is 0.138. The Kier molecular flexibility index (Phi) is 5.59. The third kappa shape index (κ3) is 3.51. The third-order valence-electron chi connectivity index (χ3n) is 6.60. The Balaban J connectivity index is 1.66. The van der Waals surface area contributed by atoms with Gasteiger partial charge in [-0.1, -0.05) is 12.0 Å². The predicted molar refractivity (Wildman–Crippen MR) is 113 cm³/mol. The maximum absolute atomic E-state index is 14.0. The molecular weight excluding hydrogens is 351 g/mol. The molecule has 0 unspecified atom stereocenters. The molecule has 5 heteroatoms. The molecule has 0 aliphatic carbocycles. The van der Waals surface area contributed by atoms with Gasteiger partial charge in [0.1, 0.15) is 23.9 Å². The number of hydrogen-bond acceptors (Lipinski definition) is 4. The van der Waals surface area contributed by atoms with E-state index in [1.165, 1.54) is 31.2 Å². The van der Waals surface area contributed by atoms with Gasteiger partial charge in [0, 0.05) is 31.4 Å². The van der Waals surface area contributed by atoms with Crippen molar-refractivity contribution in [1.82, 2.24) is 9.80 Å². The largest absolute Gasteiger partial charge is 0.358 e. The zero-order valence-electron chi connectivity index (χ0n) is 17.1. The van der Waals surface area contributed by atoms with Gasteiger partial charge < -0.3 is 9.80 Å². The predicted octanol–water partition coefficient (Wildman–Crippen LogP) is 3.73. The summed E-state index contributed by atoms with van der Waals surface area (Å²) in [7, 11) is 0. The fourth-order valence-corrected chi connectivity index (χ4v) is 5.15. The van der Waals surface area contributed by atoms with Gasteiger partial charge in [0.2, 0.25) is 0 Å². The lowest BCUT2D eigenvalue weighted by atomic mass is 9.80. The highest BCUT2D eigenvalue weighted by atomic mass is 19.1. The van der Waals surface area contributed by atoms with E-state index in [2.05, 4.69) is 33.5 Å². The molecule has 0 aromatic heterocycles. The maximum Gasteiger partial charge on any atom is 0.127 e. The van der Waals surface area contributed by atoms with Crippen molar-refractivity contribution >= 4 is 11.5 Å². The van der Waals surface area contributed by atoms with Crippen LogP contribution in [0.25, 0.3) is 0 Å². The van der Waals surface area contributed by atoms with Crippen molar-refractivity contribution in [2.24, 2.45) is 4.99 Å². The lowest BCUT2D eigenvalue weighted by Gasteiger charge is -2.50. The first-order valence-electron chi connectivity index (χ1n) is 10.6. The highest BCUT2D eigenvalue weighted by Gasteiger charge is 2.51. The standard InChI is InChI=1S/C23H31FN4/c1-3-4-12-26-15-11-23(17-19(26)2)22(27-13-6-5-7-14-27)25-18-28(23)21-10-8-9-20(24)16-21/h8-10,16,19H,5-7,11-15,17-18H2,1-2H3/t19-,23+/m0/s1. The molecule has 0 amide bonds. The van der Waals surface area contributed by atoms with Crippen molar-refractivity contribution in [2.75, 3.05) is 37.7 Å². The Morgan fingerprint density at radius 3 is 2.75 bits per heavy atom. The van der Waals surface area contributed by atoms with Crippen LogP contribution in [0.5, 0.6) is 0 Å². The van der Waals surface area contributed by atoms with Crippen molar-refractivity contribution in [2.45, 2.75) is 57.5 Å². The highest BCUT2D eigenvalue weighted by molar-refractivity contribution is 5.97. The number of anilines is 1. The van der Waals surface area contributed by atoms with Gasteiger partial charge >= 0.3 is 0 Å². The molecule has 1 aromatic rings. The highest BCUT2D eigenvalue weighted by Crippen LogP contribution is 2.41. The lowest BCUT2D eigenvalue weighted by molar-refractivity contribution is 0.139. The molecule has 3 aliphatic heterocycles. The van der Waals surface area contributed by atoms with Crippen LogP contribution < -0.4 is 4.90 Å². The van der Waals surface area contributed by atoms with E-state index in [9.17, 15) is 4.39 Å². The summed E-state index contributed by atoms with van der Waals surface area (Å²) in [4.78, 5) is 12.4. The number of rotatable bonds is 2. The van der Waals surface area contributed by atoms with Crippen LogP contribution in [0, 0.1) is 17.7 Å². The fraction of sp³-hybridized carbons (Fsp3) is 0.609. The molecule has 4 rings (SSSR count). The monoisotopic (exact) mass is 382 g/mol. The molecule has 3 heterocycles. The minimum Gasteiger partial charge on any atom is -0.358 e. The molecule has 0 N–H and O–H groups in total. The van der Waals surface area contributed by atoms with E-state index in [0.717, 1.165) is 44.7 Å². The van der Waals surface area contributed by atoms with Crippen LogP contribution in [0.1, 0.15) is 46.0 Å². The van der Waals surface area contributed by atoms with Gasteiger partial charge in [0.05, 0.1) is 6.54 Å². The molecule has 2 fully saturated rings. The van der Waals surface area contributed by atoms with E-state index in [1.807, 2.05) is 19.1 Å². The van der Waals surface area contributed by atoms with E-state index in [4.69, 9.17) is 4.99 Å². The molecule has 4 nitrogen and oxygen atoms in total. The number of likely N-dealkylation sites (tertiary alicyclic amines) is 2. The van der Waals surface area contributed by atoms with Gasteiger partial charge in [0.15, 0.2) is 0 Å². The van der Waals surface area contributed by atoms with Crippen molar-refractivity contribution in [3.05, 3.63) is 30.1 Å². The molecule has 2 saturated heterocycles. The van der Waals surface area contributed by atoms with Crippen LogP contribution >= 0.6 is 0 Å². The van der Waals surface area contributed by atoms with Gasteiger partial charge in [-0.3, -0.25) is 4.90 Å². The van der Waals surface area contributed by atoms with Crippen molar-refractivity contribution < 1.29 is 4.39 Å². The Morgan fingerprint density at radius 1 is 1.21 bits per heavy atom. The molecule has 0 bridgehead atoms. The minimum atomic E-state index is -0.178. The number of benzene rings is 1. The van der Waals surface area contributed by atoms with Gasteiger partial charge in [-0.15, -0.1) is 5.92 Å². The fourth-order valence-electron chi connectivity index (χ4n) is 5.15. The number of piperidine rings is 2. The Labute approximate surface area is 168 Å². The second-order valence-electron chi connectivity index (χ2n) is 8.31. The molecule has 28 heavy (non-hydrogen) atoms. The second-order valence-corrected chi connectivity index (χ2v) is 8.31. The molecule has 1 spiro atoms. The van der Waals surface area contributed by atoms with Crippen LogP contribution in [0.2, 0.25) is 0 Å². The SMILES string of the molecule is CC#CCN1CC[C@@]2(C[C@@H]1C)C(N1CCCCC1)=NCN2c1cccc(F)c1. The zero-order valence-corrected chi connectivity index (χ0v) is 17.1. The van der Waals surface area contributed by atoms with Gasteiger partial charge in [-0.25, -0.2) is 9.38 Å². The summed E-state index contributed by atoms with van der Waals surface area (Å²) in [6.07, 6.45) is 5.80. The number of nitrogens with zero attached hydrogens (tertiary/aromatic N) is 4. The Morgan fingerprint density at radius 2 is 2.04 bits per heavy atom. The summed E-state index contributed by atoms with van der Waals surface area (Å²) in [5, 5.41) is 0. The van der Waals surface area contributed by atoms with Crippen LogP contribution in [0.15, 0.2) is 29.3 Å². The molecule has 2 atom stereocenters. The lowest BCUT2D eigenvalue weighted by Crippen LogP contribution is -2.63.